The van der Waals surface area contributed by atoms with Crippen LogP contribution in [0.3, 0.4) is 0 Å². The van der Waals surface area contributed by atoms with Crippen molar-refractivity contribution in [2.24, 2.45) is 5.73 Å². The zero-order valence-corrected chi connectivity index (χ0v) is 17.2. The molecule has 1 heterocycles. The molecular formula is C20H16F3N5O5. The Morgan fingerprint density at radius 2 is 2.00 bits per heavy atom. The number of carbonyl (C=O) groups excluding carboxylic acids is 1. The van der Waals surface area contributed by atoms with Crippen LogP contribution in [0.4, 0.5) is 18.9 Å². The number of nitriles is 1. The normalized spacial score (nSPS) is 13.2. The van der Waals surface area contributed by atoms with Crippen LogP contribution in [-0.4, -0.2) is 34.1 Å². The molecule has 13 heteroatoms. The number of rotatable bonds is 7. The van der Waals surface area contributed by atoms with Crippen LogP contribution in [0.2, 0.25) is 0 Å². The Hall–Kier alpha value is -4.34. The van der Waals surface area contributed by atoms with Crippen molar-refractivity contribution < 1.29 is 32.4 Å². The average Bonchev–Trinajstić information content (AvgIpc) is 3.07. The Balaban J connectivity index is 2.14. The number of benzene rings is 2. The lowest BCUT2D eigenvalue weighted by Gasteiger charge is -2.25. The fourth-order valence-electron chi connectivity index (χ4n) is 3.41. The summed E-state index contributed by atoms with van der Waals surface area (Å²) >= 11 is 0. The number of ether oxygens (including phenoxy) is 2. The second-order valence-electron chi connectivity index (χ2n) is 7.19. The van der Waals surface area contributed by atoms with Gasteiger partial charge < -0.3 is 15.2 Å². The molecule has 1 unspecified atom stereocenters. The zero-order valence-electron chi connectivity index (χ0n) is 17.2. The summed E-state index contributed by atoms with van der Waals surface area (Å²) in [6.07, 6.45) is -4.99. The maximum Gasteiger partial charge on any atom is 0.573 e. The fourth-order valence-corrected chi connectivity index (χ4v) is 3.41. The molecule has 0 radical (unpaired) electrons. The Morgan fingerprint density at radius 1 is 1.30 bits per heavy atom. The summed E-state index contributed by atoms with van der Waals surface area (Å²) in [4.78, 5) is 22.4. The molecule has 0 aliphatic rings. The molecule has 10 nitrogen and oxygen atoms in total. The van der Waals surface area contributed by atoms with Crippen LogP contribution in [0, 0.1) is 21.4 Å². The number of non-ortho nitro benzene ring substituents is 1. The van der Waals surface area contributed by atoms with E-state index in [1.807, 2.05) is 6.07 Å². The standard InChI is InChI=1S/C20H16F3N5O5/c1-19(9-24,15-8-12(33-20(21,22)23)4-6-13(15)17(25)29)10-27-18(32-2)14-5-3-11(28(30)31)7-16(14)26-27/h3-8H,10H2,1-2H3,(H2,25,29). The van der Waals surface area contributed by atoms with E-state index in [2.05, 4.69) is 9.84 Å². The zero-order chi connectivity index (χ0) is 24.6. The van der Waals surface area contributed by atoms with Gasteiger partial charge >= 0.3 is 6.36 Å². The number of hydrogen-bond acceptors (Lipinski definition) is 7. The van der Waals surface area contributed by atoms with Crippen LogP contribution < -0.4 is 15.2 Å². The summed E-state index contributed by atoms with van der Waals surface area (Å²) in [6, 6.07) is 8.74. The lowest BCUT2D eigenvalue weighted by Crippen LogP contribution is -2.31. The van der Waals surface area contributed by atoms with Crippen LogP contribution in [0.5, 0.6) is 11.6 Å². The quantitative estimate of drug-likeness (QED) is 0.417. The predicted octanol–water partition coefficient (Wildman–Crippen LogP) is 3.43. The van der Waals surface area contributed by atoms with Crippen LogP contribution in [-0.2, 0) is 12.0 Å². The van der Waals surface area contributed by atoms with E-state index in [9.17, 15) is 33.3 Å². The second kappa shape index (κ2) is 8.30. The van der Waals surface area contributed by atoms with Crippen molar-refractivity contribution in [1.29, 1.82) is 5.26 Å². The lowest BCUT2D eigenvalue weighted by molar-refractivity contribution is -0.384. The Bertz CT molecular complexity index is 1300. The molecule has 2 aromatic carbocycles. The SMILES string of the molecule is COc1c2ccc([N+](=O)[O-])cc2nn1CC(C)(C#N)c1cc(OC(F)(F)F)ccc1C(N)=O. The molecular weight excluding hydrogens is 447 g/mol. The number of aromatic nitrogens is 2. The van der Waals surface area contributed by atoms with E-state index >= 15 is 0 Å². The molecule has 3 aromatic rings. The third-order valence-electron chi connectivity index (χ3n) is 4.88. The smallest absolute Gasteiger partial charge is 0.481 e. The minimum Gasteiger partial charge on any atom is -0.481 e. The van der Waals surface area contributed by atoms with Crippen molar-refractivity contribution in [2.75, 3.05) is 7.11 Å². The highest BCUT2D eigenvalue weighted by Crippen LogP contribution is 2.36. The topological polar surface area (TPSA) is 146 Å². The van der Waals surface area contributed by atoms with Crippen molar-refractivity contribution in [3.8, 4) is 17.7 Å². The number of amides is 1. The number of nitrogens with two attached hydrogens (primary N) is 1. The number of halogens is 3. The Morgan fingerprint density at radius 3 is 2.55 bits per heavy atom. The van der Waals surface area contributed by atoms with Crippen molar-refractivity contribution in [1.82, 2.24) is 9.78 Å². The van der Waals surface area contributed by atoms with Crippen molar-refractivity contribution in [2.45, 2.75) is 25.2 Å². The Kier molecular flexibility index (Phi) is 5.87. The molecule has 0 fully saturated rings. The molecule has 1 aromatic heterocycles. The van der Waals surface area contributed by atoms with Gasteiger partial charge in [0.1, 0.15) is 11.3 Å². The van der Waals surface area contributed by atoms with Gasteiger partial charge in [-0.3, -0.25) is 14.9 Å². The molecule has 1 atom stereocenters. The van der Waals surface area contributed by atoms with Crippen molar-refractivity contribution >= 4 is 22.5 Å². The highest BCUT2D eigenvalue weighted by molar-refractivity contribution is 5.95. The van der Waals surface area contributed by atoms with Gasteiger partial charge in [-0.15, -0.1) is 13.2 Å². The van der Waals surface area contributed by atoms with E-state index in [0.29, 0.717) is 5.39 Å². The first-order valence-electron chi connectivity index (χ1n) is 9.19. The molecule has 33 heavy (non-hydrogen) atoms. The van der Waals surface area contributed by atoms with E-state index in [4.69, 9.17) is 10.5 Å². The van der Waals surface area contributed by atoms with Crippen molar-refractivity contribution in [3.63, 3.8) is 0 Å². The summed E-state index contributed by atoms with van der Waals surface area (Å²) in [5.41, 5.74) is 3.43. The summed E-state index contributed by atoms with van der Waals surface area (Å²) in [6.45, 7) is 1.09. The molecule has 0 saturated carbocycles. The summed E-state index contributed by atoms with van der Waals surface area (Å²) in [5, 5.41) is 25.7. The summed E-state index contributed by atoms with van der Waals surface area (Å²) in [5.74, 6) is -1.44. The maximum atomic E-state index is 12.7. The number of primary amides is 1. The van der Waals surface area contributed by atoms with Gasteiger partial charge in [0.05, 0.1) is 35.4 Å². The average molecular weight is 463 g/mol. The van der Waals surface area contributed by atoms with E-state index in [-0.39, 0.29) is 34.8 Å². The van der Waals surface area contributed by atoms with Gasteiger partial charge in [0.2, 0.25) is 11.8 Å². The number of carbonyl (C=O) groups is 1. The van der Waals surface area contributed by atoms with E-state index in [1.165, 1.54) is 36.9 Å². The minimum atomic E-state index is -4.99. The molecule has 0 bridgehead atoms. The van der Waals surface area contributed by atoms with Crippen LogP contribution in [0.1, 0.15) is 22.8 Å². The maximum absolute atomic E-state index is 12.7. The fraction of sp³-hybridized carbons (Fsp3) is 0.250. The molecule has 2 N–H and O–H groups in total. The van der Waals surface area contributed by atoms with Gasteiger partial charge in [-0.05, 0) is 36.8 Å². The molecule has 3 rings (SSSR count). The van der Waals surface area contributed by atoms with Gasteiger partial charge in [-0.2, -0.15) is 10.4 Å². The van der Waals surface area contributed by atoms with Crippen LogP contribution >= 0.6 is 0 Å². The second-order valence-corrected chi connectivity index (χ2v) is 7.19. The predicted molar refractivity (Wildman–Crippen MR) is 108 cm³/mol. The molecule has 0 saturated heterocycles. The number of hydrogen-bond donors (Lipinski definition) is 1. The number of nitrogens with zero attached hydrogens (tertiary/aromatic N) is 4. The molecule has 1 amide bonds. The first-order valence-corrected chi connectivity index (χ1v) is 9.19. The first-order chi connectivity index (χ1) is 15.4. The number of nitro groups is 1. The molecule has 0 spiro atoms. The van der Waals surface area contributed by atoms with E-state index in [0.717, 1.165) is 18.2 Å². The number of nitro benzene ring substituents is 1. The highest BCUT2D eigenvalue weighted by atomic mass is 19.4. The van der Waals surface area contributed by atoms with E-state index < -0.39 is 28.4 Å². The minimum absolute atomic E-state index is 0.119. The summed E-state index contributed by atoms with van der Waals surface area (Å²) in [7, 11) is 1.32. The van der Waals surface area contributed by atoms with Gasteiger partial charge in [-0.1, -0.05) is 0 Å². The van der Waals surface area contributed by atoms with E-state index in [1.54, 1.807) is 0 Å². The summed E-state index contributed by atoms with van der Waals surface area (Å²) < 4.78 is 48.6. The molecule has 0 aliphatic carbocycles. The van der Waals surface area contributed by atoms with Gasteiger partial charge in [0, 0.05) is 17.7 Å². The first kappa shape index (κ1) is 23.3. The van der Waals surface area contributed by atoms with Crippen molar-refractivity contribution in [3.05, 3.63) is 57.6 Å². The van der Waals surface area contributed by atoms with Gasteiger partial charge in [0.25, 0.3) is 5.69 Å². The van der Waals surface area contributed by atoms with Crippen LogP contribution in [0.25, 0.3) is 10.9 Å². The Labute approximate surface area is 184 Å². The third-order valence-corrected chi connectivity index (χ3v) is 4.88. The lowest BCUT2D eigenvalue weighted by atomic mass is 9.80. The number of methoxy groups -OCH3 is 1. The molecule has 172 valence electrons. The van der Waals surface area contributed by atoms with Gasteiger partial charge in [0.15, 0.2) is 0 Å². The molecule has 0 aliphatic heterocycles. The van der Waals surface area contributed by atoms with Crippen LogP contribution in [0.15, 0.2) is 36.4 Å². The number of fused-ring (bicyclic) bond motifs is 1. The monoisotopic (exact) mass is 463 g/mol. The number of alkyl halides is 3. The third kappa shape index (κ3) is 4.64. The highest BCUT2D eigenvalue weighted by Gasteiger charge is 2.36. The largest absolute Gasteiger partial charge is 0.573 e. The van der Waals surface area contributed by atoms with Gasteiger partial charge in [-0.25, -0.2) is 4.68 Å².